The molecule has 26 heavy (non-hydrogen) atoms. The SMILES string of the molecule is C=CCCCC/C=C/c1cc(OC)cc(OC)c1C(=O)OC(C)CC=C. The molecule has 1 unspecified atom stereocenters. The Bertz CT molecular complexity index is 631. The Balaban J connectivity index is 3.07. The predicted molar refractivity (Wildman–Crippen MR) is 107 cm³/mol. The second kappa shape index (κ2) is 12.0. The molecule has 0 saturated carbocycles. The van der Waals surface area contributed by atoms with E-state index in [1.165, 1.54) is 7.11 Å². The zero-order valence-electron chi connectivity index (χ0n) is 16.1. The van der Waals surface area contributed by atoms with Gasteiger partial charge in [-0.3, -0.25) is 0 Å². The molecule has 0 heterocycles. The molecule has 0 aliphatic heterocycles. The average Bonchev–Trinajstić information content (AvgIpc) is 2.63. The number of hydrogen-bond donors (Lipinski definition) is 0. The molecular formula is C22H30O4. The summed E-state index contributed by atoms with van der Waals surface area (Å²) in [6.07, 6.45) is 12.1. The topological polar surface area (TPSA) is 44.8 Å². The van der Waals surface area contributed by atoms with Crippen molar-refractivity contribution in [3.05, 3.63) is 54.6 Å². The van der Waals surface area contributed by atoms with Crippen molar-refractivity contribution in [2.45, 2.75) is 45.1 Å². The maximum atomic E-state index is 12.7. The molecule has 0 aromatic heterocycles. The van der Waals surface area contributed by atoms with E-state index in [9.17, 15) is 4.79 Å². The standard InChI is InChI=1S/C22H30O4/c1-6-8-9-10-11-12-14-18-15-19(24-4)16-20(25-5)21(18)22(23)26-17(3)13-7-2/h6-7,12,14-17H,1-2,8-11,13H2,3-5H3/b14-12+. The first-order chi connectivity index (χ1) is 12.6. The summed E-state index contributed by atoms with van der Waals surface area (Å²) in [6, 6.07) is 3.51. The van der Waals surface area contributed by atoms with E-state index in [0.29, 0.717) is 23.5 Å². The summed E-state index contributed by atoms with van der Waals surface area (Å²) < 4.78 is 16.2. The number of carbonyl (C=O) groups excluding carboxylic acids is 1. The summed E-state index contributed by atoms with van der Waals surface area (Å²) in [4.78, 5) is 12.7. The van der Waals surface area contributed by atoms with Gasteiger partial charge in [-0.2, -0.15) is 0 Å². The van der Waals surface area contributed by atoms with Crippen molar-refractivity contribution in [2.75, 3.05) is 14.2 Å². The Labute approximate surface area is 157 Å². The van der Waals surface area contributed by atoms with E-state index in [1.54, 1.807) is 19.3 Å². The van der Waals surface area contributed by atoms with Gasteiger partial charge in [0.05, 0.1) is 14.2 Å². The number of benzene rings is 1. The largest absolute Gasteiger partial charge is 0.497 e. The van der Waals surface area contributed by atoms with Gasteiger partial charge in [0.15, 0.2) is 0 Å². The lowest BCUT2D eigenvalue weighted by Gasteiger charge is -2.16. The van der Waals surface area contributed by atoms with E-state index >= 15 is 0 Å². The van der Waals surface area contributed by atoms with Gasteiger partial charge in [-0.15, -0.1) is 13.2 Å². The maximum absolute atomic E-state index is 12.7. The zero-order valence-corrected chi connectivity index (χ0v) is 16.1. The van der Waals surface area contributed by atoms with Gasteiger partial charge in [-0.25, -0.2) is 4.79 Å². The molecule has 0 spiro atoms. The Morgan fingerprint density at radius 2 is 1.85 bits per heavy atom. The quantitative estimate of drug-likeness (QED) is 0.278. The first-order valence-electron chi connectivity index (χ1n) is 8.92. The molecular weight excluding hydrogens is 328 g/mol. The van der Waals surface area contributed by atoms with Crippen LogP contribution >= 0.6 is 0 Å². The fourth-order valence-electron chi connectivity index (χ4n) is 2.53. The van der Waals surface area contributed by atoms with Crippen LogP contribution in [0.1, 0.15) is 54.9 Å². The third kappa shape index (κ3) is 6.79. The van der Waals surface area contributed by atoms with Gasteiger partial charge in [0.25, 0.3) is 0 Å². The van der Waals surface area contributed by atoms with Crippen molar-refractivity contribution in [1.82, 2.24) is 0 Å². The number of esters is 1. The molecule has 0 radical (unpaired) electrons. The predicted octanol–water partition coefficient (Wildman–Crippen LogP) is 5.58. The van der Waals surface area contributed by atoms with Crippen LogP contribution in [0.5, 0.6) is 11.5 Å². The molecule has 0 amide bonds. The molecule has 0 aliphatic carbocycles. The van der Waals surface area contributed by atoms with Crippen LogP contribution in [0.2, 0.25) is 0 Å². The normalized spacial score (nSPS) is 11.8. The highest BCUT2D eigenvalue weighted by Crippen LogP contribution is 2.31. The number of methoxy groups -OCH3 is 2. The summed E-state index contributed by atoms with van der Waals surface area (Å²) in [5.74, 6) is 0.653. The fourth-order valence-corrected chi connectivity index (χ4v) is 2.53. The van der Waals surface area contributed by atoms with E-state index < -0.39 is 5.97 Å². The van der Waals surface area contributed by atoms with Crippen molar-refractivity contribution < 1.29 is 19.0 Å². The fraction of sp³-hybridized carbons (Fsp3) is 0.409. The summed E-state index contributed by atoms with van der Waals surface area (Å²) in [5, 5.41) is 0. The molecule has 142 valence electrons. The first-order valence-corrected chi connectivity index (χ1v) is 8.92. The van der Waals surface area contributed by atoms with Gasteiger partial charge >= 0.3 is 5.97 Å². The van der Waals surface area contributed by atoms with E-state index in [0.717, 1.165) is 31.2 Å². The lowest BCUT2D eigenvalue weighted by molar-refractivity contribution is 0.0344. The number of ether oxygens (including phenoxy) is 3. The maximum Gasteiger partial charge on any atom is 0.342 e. The van der Waals surface area contributed by atoms with Crippen molar-refractivity contribution >= 4 is 12.0 Å². The van der Waals surface area contributed by atoms with Crippen molar-refractivity contribution in [1.29, 1.82) is 0 Å². The molecule has 0 bridgehead atoms. The molecule has 0 saturated heterocycles. The summed E-state index contributed by atoms with van der Waals surface area (Å²) in [6.45, 7) is 9.24. The Morgan fingerprint density at radius 1 is 1.12 bits per heavy atom. The lowest BCUT2D eigenvalue weighted by atomic mass is 10.0. The summed E-state index contributed by atoms with van der Waals surface area (Å²) in [7, 11) is 3.11. The van der Waals surface area contributed by atoms with Gasteiger partial charge in [-0.05, 0) is 44.2 Å². The van der Waals surface area contributed by atoms with Crippen LogP contribution < -0.4 is 9.47 Å². The molecule has 0 fully saturated rings. The van der Waals surface area contributed by atoms with E-state index in [1.807, 2.05) is 25.1 Å². The summed E-state index contributed by atoms with van der Waals surface area (Å²) >= 11 is 0. The third-order valence-electron chi connectivity index (χ3n) is 3.90. The van der Waals surface area contributed by atoms with Crippen LogP contribution in [0.15, 0.2) is 43.5 Å². The second-order valence-electron chi connectivity index (χ2n) is 6.01. The smallest absolute Gasteiger partial charge is 0.342 e. The molecule has 0 N–H and O–H groups in total. The minimum atomic E-state index is -0.412. The van der Waals surface area contributed by atoms with Crippen LogP contribution in [-0.4, -0.2) is 26.3 Å². The monoisotopic (exact) mass is 358 g/mol. The van der Waals surface area contributed by atoms with E-state index in [4.69, 9.17) is 14.2 Å². The third-order valence-corrected chi connectivity index (χ3v) is 3.90. The van der Waals surface area contributed by atoms with Crippen molar-refractivity contribution in [3.63, 3.8) is 0 Å². The summed E-state index contributed by atoms with van der Waals surface area (Å²) in [5.41, 5.74) is 1.13. The minimum Gasteiger partial charge on any atom is -0.497 e. The second-order valence-corrected chi connectivity index (χ2v) is 6.01. The number of allylic oxidation sites excluding steroid dienone is 2. The zero-order chi connectivity index (χ0) is 19.4. The van der Waals surface area contributed by atoms with Crippen LogP contribution in [0.4, 0.5) is 0 Å². The number of carbonyl (C=O) groups is 1. The van der Waals surface area contributed by atoms with Gasteiger partial charge in [-0.1, -0.05) is 24.3 Å². The highest BCUT2D eigenvalue weighted by Gasteiger charge is 2.21. The molecule has 1 rings (SSSR count). The minimum absolute atomic E-state index is 0.248. The Hall–Kier alpha value is -2.49. The van der Waals surface area contributed by atoms with Crippen LogP contribution in [-0.2, 0) is 4.74 Å². The highest BCUT2D eigenvalue weighted by atomic mass is 16.5. The number of unbranched alkanes of at least 4 members (excludes halogenated alkanes) is 3. The molecule has 0 aliphatic rings. The molecule has 1 aromatic rings. The van der Waals surface area contributed by atoms with Crippen LogP contribution in [0, 0.1) is 0 Å². The van der Waals surface area contributed by atoms with Gasteiger partial charge in [0, 0.05) is 12.5 Å². The van der Waals surface area contributed by atoms with Gasteiger partial charge in [0.2, 0.25) is 0 Å². The van der Waals surface area contributed by atoms with E-state index in [-0.39, 0.29) is 6.10 Å². The molecule has 1 atom stereocenters. The van der Waals surface area contributed by atoms with Crippen molar-refractivity contribution in [2.24, 2.45) is 0 Å². The Morgan fingerprint density at radius 3 is 2.46 bits per heavy atom. The first kappa shape index (κ1) is 21.6. The average molecular weight is 358 g/mol. The van der Waals surface area contributed by atoms with E-state index in [2.05, 4.69) is 19.2 Å². The molecule has 1 aromatic carbocycles. The number of rotatable bonds is 12. The van der Waals surface area contributed by atoms with Gasteiger partial charge in [0.1, 0.15) is 23.2 Å². The Kier molecular flexibility index (Phi) is 9.91. The molecule has 4 heteroatoms. The lowest BCUT2D eigenvalue weighted by Crippen LogP contribution is -2.16. The van der Waals surface area contributed by atoms with Crippen LogP contribution in [0.3, 0.4) is 0 Å². The highest BCUT2D eigenvalue weighted by molar-refractivity contribution is 5.97. The number of hydrogen-bond acceptors (Lipinski definition) is 4. The molecule has 4 nitrogen and oxygen atoms in total. The van der Waals surface area contributed by atoms with Crippen molar-refractivity contribution in [3.8, 4) is 11.5 Å². The van der Waals surface area contributed by atoms with Gasteiger partial charge < -0.3 is 14.2 Å². The van der Waals surface area contributed by atoms with Crippen LogP contribution in [0.25, 0.3) is 6.08 Å².